The molecule has 0 bridgehead atoms. The molecule has 74 valence electrons. The highest BCUT2D eigenvalue weighted by atomic mass is 16.5. The Morgan fingerprint density at radius 1 is 1.07 bits per heavy atom. The fraction of sp³-hybridized carbons (Fsp3) is 0.154. The summed E-state index contributed by atoms with van der Waals surface area (Å²) in [4.78, 5) is 11.6. The topological polar surface area (TPSA) is 26.3 Å². The molecule has 0 aromatic heterocycles. The smallest absolute Gasteiger partial charge is 0.170 e. The van der Waals surface area contributed by atoms with Gasteiger partial charge in [0.15, 0.2) is 5.78 Å². The van der Waals surface area contributed by atoms with E-state index in [1.807, 2.05) is 36.4 Å². The molecular formula is C13H10O2. The van der Waals surface area contributed by atoms with Crippen molar-refractivity contribution in [3.05, 3.63) is 42.0 Å². The Hall–Kier alpha value is -1.83. The number of carbonyl (C=O) groups excluding carboxylic acids is 1. The molecule has 1 heterocycles. The quantitative estimate of drug-likeness (QED) is 0.650. The van der Waals surface area contributed by atoms with Crippen LogP contribution in [0.4, 0.5) is 0 Å². The van der Waals surface area contributed by atoms with Gasteiger partial charge < -0.3 is 4.74 Å². The highest BCUT2D eigenvalue weighted by molar-refractivity contribution is 6.03. The van der Waals surface area contributed by atoms with Crippen LogP contribution in [0.3, 0.4) is 0 Å². The van der Waals surface area contributed by atoms with E-state index in [9.17, 15) is 4.79 Å². The van der Waals surface area contributed by atoms with Crippen molar-refractivity contribution in [1.82, 2.24) is 0 Å². The molecule has 0 atom stereocenters. The molecule has 0 radical (unpaired) electrons. The Kier molecular flexibility index (Phi) is 1.75. The number of hydrogen-bond acceptors (Lipinski definition) is 2. The molecule has 0 aliphatic carbocycles. The van der Waals surface area contributed by atoms with E-state index in [1.54, 1.807) is 0 Å². The number of fused-ring (bicyclic) bond motifs is 2. The Labute approximate surface area is 87.5 Å². The van der Waals surface area contributed by atoms with Gasteiger partial charge in [-0.2, -0.15) is 0 Å². The van der Waals surface area contributed by atoms with Gasteiger partial charge in [0.2, 0.25) is 0 Å². The molecule has 1 aliphatic rings. The van der Waals surface area contributed by atoms with E-state index >= 15 is 0 Å². The highest BCUT2D eigenvalue weighted by Crippen LogP contribution is 2.29. The molecule has 2 nitrogen and oxygen atoms in total. The van der Waals surface area contributed by atoms with E-state index < -0.39 is 0 Å². The summed E-state index contributed by atoms with van der Waals surface area (Å²) in [6.07, 6.45) is 0.491. The minimum Gasteiger partial charge on any atom is -0.492 e. The third-order valence-corrected chi connectivity index (χ3v) is 2.74. The molecule has 2 heteroatoms. The van der Waals surface area contributed by atoms with Crippen molar-refractivity contribution < 1.29 is 9.53 Å². The molecule has 0 N–H and O–H groups in total. The molecule has 0 saturated carbocycles. The molecule has 0 spiro atoms. The average molecular weight is 198 g/mol. The average Bonchev–Trinajstić information content (AvgIpc) is 2.27. The molecule has 0 fully saturated rings. The van der Waals surface area contributed by atoms with Crippen LogP contribution in [0, 0.1) is 0 Å². The lowest BCUT2D eigenvalue weighted by Crippen LogP contribution is -2.14. The SMILES string of the molecule is O=C1CCOc2cc3ccccc3cc21. The van der Waals surface area contributed by atoms with Crippen LogP contribution >= 0.6 is 0 Å². The summed E-state index contributed by atoms with van der Waals surface area (Å²) < 4.78 is 5.48. The predicted molar refractivity (Wildman–Crippen MR) is 58.4 cm³/mol. The van der Waals surface area contributed by atoms with Crippen molar-refractivity contribution in [3.8, 4) is 5.75 Å². The van der Waals surface area contributed by atoms with Crippen LogP contribution in [0.15, 0.2) is 36.4 Å². The second kappa shape index (κ2) is 3.09. The van der Waals surface area contributed by atoms with E-state index in [2.05, 4.69) is 0 Å². The Balaban J connectivity index is 2.32. The fourth-order valence-corrected chi connectivity index (χ4v) is 1.95. The maximum absolute atomic E-state index is 11.6. The number of benzene rings is 2. The first-order valence-corrected chi connectivity index (χ1v) is 5.03. The number of ether oxygens (including phenoxy) is 1. The summed E-state index contributed by atoms with van der Waals surface area (Å²) in [6.45, 7) is 0.504. The molecule has 2 aromatic rings. The summed E-state index contributed by atoms with van der Waals surface area (Å²) in [5.74, 6) is 0.909. The number of ketones is 1. The van der Waals surface area contributed by atoms with Crippen molar-refractivity contribution in [3.63, 3.8) is 0 Å². The second-order valence-electron chi connectivity index (χ2n) is 3.72. The maximum Gasteiger partial charge on any atom is 0.170 e. The molecule has 2 aromatic carbocycles. The van der Waals surface area contributed by atoms with Crippen LogP contribution in [-0.2, 0) is 0 Å². The fourth-order valence-electron chi connectivity index (χ4n) is 1.95. The van der Waals surface area contributed by atoms with Crippen molar-refractivity contribution in [2.45, 2.75) is 6.42 Å². The van der Waals surface area contributed by atoms with E-state index in [-0.39, 0.29) is 5.78 Å². The van der Waals surface area contributed by atoms with E-state index in [4.69, 9.17) is 4.74 Å². The van der Waals surface area contributed by atoms with Gasteiger partial charge in [0, 0.05) is 6.42 Å². The van der Waals surface area contributed by atoms with Crippen molar-refractivity contribution in [2.24, 2.45) is 0 Å². The minimum absolute atomic E-state index is 0.182. The van der Waals surface area contributed by atoms with Gasteiger partial charge in [-0.05, 0) is 22.9 Å². The van der Waals surface area contributed by atoms with Crippen molar-refractivity contribution in [2.75, 3.05) is 6.61 Å². The van der Waals surface area contributed by atoms with Gasteiger partial charge in [-0.15, -0.1) is 0 Å². The van der Waals surface area contributed by atoms with E-state index in [1.165, 1.54) is 0 Å². The predicted octanol–water partition coefficient (Wildman–Crippen LogP) is 2.81. The number of hydrogen-bond donors (Lipinski definition) is 0. The minimum atomic E-state index is 0.182. The standard InChI is InChI=1S/C13H10O2/c14-12-5-6-15-13-8-10-4-2-1-3-9(10)7-11(12)13/h1-4,7-8H,5-6H2. The highest BCUT2D eigenvalue weighted by Gasteiger charge is 2.18. The van der Waals surface area contributed by atoms with E-state index in [0.717, 1.165) is 22.1 Å². The van der Waals surface area contributed by atoms with Gasteiger partial charge in [-0.25, -0.2) is 0 Å². The Morgan fingerprint density at radius 2 is 1.80 bits per heavy atom. The summed E-state index contributed by atoms with van der Waals surface area (Å²) >= 11 is 0. The lowest BCUT2D eigenvalue weighted by Gasteiger charge is -2.16. The molecule has 0 amide bonds. The third-order valence-electron chi connectivity index (χ3n) is 2.74. The van der Waals surface area contributed by atoms with Gasteiger partial charge in [0.05, 0.1) is 12.2 Å². The number of rotatable bonds is 0. The van der Waals surface area contributed by atoms with Crippen LogP contribution in [0.1, 0.15) is 16.8 Å². The first-order chi connectivity index (χ1) is 7.34. The molecule has 0 unspecified atom stereocenters. The van der Waals surface area contributed by atoms with Crippen LogP contribution in [0.2, 0.25) is 0 Å². The van der Waals surface area contributed by atoms with Gasteiger partial charge in [-0.3, -0.25) is 4.79 Å². The van der Waals surface area contributed by atoms with Gasteiger partial charge >= 0.3 is 0 Å². The maximum atomic E-state index is 11.6. The van der Waals surface area contributed by atoms with Crippen LogP contribution in [0.25, 0.3) is 10.8 Å². The third kappa shape index (κ3) is 1.30. The van der Waals surface area contributed by atoms with Gasteiger partial charge in [0.1, 0.15) is 5.75 Å². The zero-order valence-corrected chi connectivity index (χ0v) is 8.19. The second-order valence-corrected chi connectivity index (χ2v) is 3.72. The normalized spacial score (nSPS) is 14.8. The molecule has 0 saturated heterocycles. The molecule has 15 heavy (non-hydrogen) atoms. The van der Waals surface area contributed by atoms with Gasteiger partial charge in [-0.1, -0.05) is 24.3 Å². The first kappa shape index (κ1) is 8.48. The number of carbonyl (C=O) groups is 1. The summed E-state index contributed by atoms with van der Waals surface area (Å²) in [5, 5.41) is 2.21. The lowest BCUT2D eigenvalue weighted by molar-refractivity contribution is 0.0934. The van der Waals surface area contributed by atoms with Crippen molar-refractivity contribution >= 4 is 16.6 Å². The zero-order valence-electron chi connectivity index (χ0n) is 8.19. The molecule has 1 aliphatic heterocycles. The Bertz CT molecular complexity index is 543. The largest absolute Gasteiger partial charge is 0.492 e. The van der Waals surface area contributed by atoms with Crippen LogP contribution < -0.4 is 4.74 Å². The summed E-state index contributed by atoms with van der Waals surface area (Å²) in [7, 11) is 0. The lowest BCUT2D eigenvalue weighted by atomic mass is 10.0. The van der Waals surface area contributed by atoms with Crippen LogP contribution in [0.5, 0.6) is 5.75 Å². The van der Waals surface area contributed by atoms with Gasteiger partial charge in [0.25, 0.3) is 0 Å². The molecular weight excluding hydrogens is 188 g/mol. The first-order valence-electron chi connectivity index (χ1n) is 5.03. The monoisotopic (exact) mass is 198 g/mol. The van der Waals surface area contributed by atoms with Crippen LogP contribution in [-0.4, -0.2) is 12.4 Å². The zero-order chi connectivity index (χ0) is 10.3. The van der Waals surface area contributed by atoms with Crippen molar-refractivity contribution in [1.29, 1.82) is 0 Å². The molecule has 3 rings (SSSR count). The summed E-state index contributed by atoms with van der Waals surface area (Å²) in [5.41, 5.74) is 0.722. The number of Topliss-reactive ketones (excluding diaryl/α,β-unsaturated/α-hetero) is 1. The van der Waals surface area contributed by atoms with E-state index in [0.29, 0.717) is 13.0 Å². The summed E-state index contributed by atoms with van der Waals surface area (Å²) in [6, 6.07) is 11.9. The Morgan fingerprint density at radius 3 is 2.60 bits per heavy atom.